The first kappa shape index (κ1) is 15.2. The molecule has 0 atom stereocenters. The van der Waals surface area contributed by atoms with Gasteiger partial charge in [-0.2, -0.15) is 0 Å². The fourth-order valence-electron chi connectivity index (χ4n) is 2.41. The van der Waals surface area contributed by atoms with Crippen molar-refractivity contribution in [2.45, 2.75) is 78.6 Å². The number of hydrogen-bond donors (Lipinski definition) is 0. The largest absolute Gasteiger partial charge is 0.264 e. The molecule has 0 radical (unpaired) electrons. The van der Waals surface area contributed by atoms with Gasteiger partial charge in [-0.3, -0.25) is 4.98 Å². The van der Waals surface area contributed by atoms with Crippen molar-refractivity contribution >= 4 is 0 Å². The summed E-state index contributed by atoms with van der Waals surface area (Å²) >= 11 is 0. The van der Waals surface area contributed by atoms with Crippen LogP contribution in [0.5, 0.6) is 0 Å². The van der Waals surface area contributed by atoms with Gasteiger partial charge in [0.15, 0.2) is 0 Å². The Hall–Kier alpha value is -0.850. The van der Waals surface area contributed by atoms with Crippen LogP contribution in [0, 0.1) is 0 Å². The van der Waals surface area contributed by atoms with Gasteiger partial charge in [0.05, 0.1) is 0 Å². The molecule has 102 valence electrons. The summed E-state index contributed by atoms with van der Waals surface area (Å²) in [5.41, 5.74) is 4.64. The molecule has 1 rings (SSSR count). The van der Waals surface area contributed by atoms with Crippen LogP contribution in [-0.2, 0) is 16.2 Å². The van der Waals surface area contributed by atoms with Crippen molar-refractivity contribution in [3.05, 3.63) is 29.1 Å². The molecule has 0 saturated carbocycles. The van der Waals surface area contributed by atoms with Crippen LogP contribution in [0.3, 0.4) is 0 Å². The Morgan fingerprint density at radius 1 is 0.611 bits per heavy atom. The molecular formula is C17H29N. The van der Waals surface area contributed by atoms with E-state index in [1.165, 1.54) is 16.7 Å². The zero-order valence-corrected chi connectivity index (χ0v) is 13.6. The molecule has 1 heterocycles. The lowest BCUT2D eigenvalue weighted by molar-refractivity contribution is 0.494. The Morgan fingerprint density at radius 2 is 0.944 bits per heavy atom. The predicted molar refractivity (Wildman–Crippen MR) is 80.3 cm³/mol. The third kappa shape index (κ3) is 3.13. The Kier molecular flexibility index (Phi) is 3.69. The fourth-order valence-corrected chi connectivity index (χ4v) is 2.41. The van der Waals surface area contributed by atoms with Crippen LogP contribution in [-0.4, -0.2) is 4.98 Å². The van der Waals surface area contributed by atoms with Gasteiger partial charge in [-0.1, -0.05) is 62.3 Å². The lowest BCUT2D eigenvalue weighted by Crippen LogP contribution is -2.28. The standard InChI is InChI=1S/C17H29N/c1-15(2,3)12-10-18-11-13(16(4,5)6)14(12)17(7,8)9/h10-11H,1-9H3. The Morgan fingerprint density at radius 3 is 1.17 bits per heavy atom. The Labute approximate surface area is 113 Å². The number of aromatic nitrogens is 1. The van der Waals surface area contributed by atoms with Gasteiger partial charge in [-0.05, 0) is 32.9 Å². The van der Waals surface area contributed by atoms with Crippen LogP contribution < -0.4 is 0 Å². The van der Waals surface area contributed by atoms with E-state index in [1.807, 2.05) is 0 Å². The monoisotopic (exact) mass is 247 g/mol. The summed E-state index contributed by atoms with van der Waals surface area (Å²) in [4.78, 5) is 4.49. The third-order valence-corrected chi connectivity index (χ3v) is 3.31. The van der Waals surface area contributed by atoms with Gasteiger partial charge >= 0.3 is 0 Å². The van der Waals surface area contributed by atoms with Crippen LogP contribution in [0.2, 0.25) is 0 Å². The second-order valence-corrected chi connectivity index (χ2v) is 8.36. The molecule has 1 aromatic rings. The molecule has 0 aliphatic heterocycles. The fraction of sp³-hybridized carbons (Fsp3) is 0.706. The smallest absolute Gasteiger partial charge is 0.0308 e. The molecule has 0 fully saturated rings. The van der Waals surface area contributed by atoms with E-state index in [0.717, 1.165) is 0 Å². The van der Waals surface area contributed by atoms with Crippen molar-refractivity contribution in [2.75, 3.05) is 0 Å². The summed E-state index contributed by atoms with van der Waals surface area (Å²) in [6, 6.07) is 0. The van der Waals surface area contributed by atoms with Crippen LogP contribution in [0.1, 0.15) is 79.0 Å². The van der Waals surface area contributed by atoms with E-state index in [-0.39, 0.29) is 16.2 Å². The summed E-state index contributed by atoms with van der Waals surface area (Å²) < 4.78 is 0. The summed E-state index contributed by atoms with van der Waals surface area (Å²) in [7, 11) is 0. The molecule has 1 aromatic heterocycles. The molecule has 0 unspecified atom stereocenters. The van der Waals surface area contributed by atoms with Crippen molar-refractivity contribution in [1.82, 2.24) is 4.98 Å². The zero-order chi connectivity index (χ0) is 14.4. The van der Waals surface area contributed by atoms with Crippen LogP contribution in [0.15, 0.2) is 12.4 Å². The van der Waals surface area contributed by atoms with Gasteiger partial charge in [0, 0.05) is 12.4 Å². The average molecular weight is 247 g/mol. The van der Waals surface area contributed by atoms with Crippen molar-refractivity contribution < 1.29 is 0 Å². The van der Waals surface area contributed by atoms with Gasteiger partial charge in [-0.25, -0.2) is 0 Å². The molecule has 18 heavy (non-hydrogen) atoms. The third-order valence-electron chi connectivity index (χ3n) is 3.31. The second kappa shape index (κ2) is 4.36. The predicted octanol–water partition coefficient (Wildman–Crippen LogP) is 4.97. The highest BCUT2D eigenvalue weighted by Gasteiger charge is 2.31. The number of hydrogen-bond acceptors (Lipinski definition) is 1. The molecule has 0 aromatic carbocycles. The molecule has 1 nitrogen and oxygen atoms in total. The second-order valence-electron chi connectivity index (χ2n) is 8.36. The van der Waals surface area contributed by atoms with Gasteiger partial charge < -0.3 is 0 Å². The molecule has 1 heteroatoms. The quantitative estimate of drug-likeness (QED) is 0.630. The molecule has 0 aliphatic rings. The lowest BCUT2D eigenvalue weighted by atomic mass is 9.70. The van der Waals surface area contributed by atoms with E-state index in [9.17, 15) is 0 Å². The van der Waals surface area contributed by atoms with Crippen molar-refractivity contribution in [3.63, 3.8) is 0 Å². The van der Waals surface area contributed by atoms with Crippen LogP contribution in [0.25, 0.3) is 0 Å². The molecule has 0 spiro atoms. The number of pyridine rings is 1. The molecule has 0 aliphatic carbocycles. The summed E-state index contributed by atoms with van der Waals surface area (Å²) in [5, 5.41) is 0. The van der Waals surface area contributed by atoms with E-state index in [2.05, 4.69) is 79.7 Å². The summed E-state index contributed by atoms with van der Waals surface area (Å²) in [6.45, 7) is 20.5. The van der Waals surface area contributed by atoms with Crippen LogP contribution in [0.4, 0.5) is 0 Å². The van der Waals surface area contributed by atoms with Gasteiger partial charge in [0.25, 0.3) is 0 Å². The van der Waals surface area contributed by atoms with E-state index < -0.39 is 0 Å². The molecule has 0 amide bonds. The highest BCUT2D eigenvalue weighted by Crippen LogP contribution is 2.39. The van der Waals surface area contributed by atoms with Gasteiger partial charge in [-0.15, -0.1) is 0 Å². The summed E-state index contributed by atoms with van der Waals surface area (Å²) in [5.74, 6) is 0. The Bertz CT molecular complexity index is 390. The molecule has 0 bridgehead atoms. The zero-order valence-electron chi connectivity index (χ0n) is 13.6. The maximum atomic E-state index is 4.49. The molecule has 0 N–H and O–H groups in total. The highest BCUT2D eigenvalue weighted by molar-refractivity contribution is 5.44. The first-order chi connectivity index (χ1) is 7.85. The maximum Gasteiger partial charge on any atom is 0.0308 e. The van der Waals surface area contributed by atoms with Crippen molar-refractivity contribution in [3.8, 4) is 0 Å². The van der Waals surface area contributed by atoms with E-state index >= 15 is 0 Å². The van der Waals surface area contributed by atoms with Gasteiger partial charge in [0.1, 0.15) is 0 Å². The highest BCUT2D eigenvalue weighted by atomic mass is 14.6. The van der Waals surface area contributed by atoms with E-state index in [4.69, 9.17) is 0 Å². The van der Waals surface area contributed by atoms with E-state index in [1.54, 1.807) is 0 Å². The molecule has 0 saturated heterocycles. The molecular weight excluding hydrogens is 218 g/mol. The number of nitrogens with zero attached hydrogens (tertiary/aromatic N) is 1. The topological polar surface area (TPSA) is 12.9 Å². The normalized spacial score (nSPS) is 13.8. The minimum atomic E-state index is 0.136. The SMILES string of the molecule is CC(C)(C)c1cncc(C(C)(C)C)c1C(C)(C)C. The minimum Gasteiger partial charge on any atom is -0.264 e. The van der Waals surface area contributed by atoms with E-state index in [0.29, 0.717) is 0 Å². The minimum absolute atomic E-state index is 0.136. The average Bonchev–Trinajstić information content (AvgIpc) is 2.12. The lowest BCUT2D eigenvalue weighted by Gasteiger charge is -2.35. The first-order valence-corrected chi connectivity index (χ1v) is 6.84. The van der Waals surface area contributed by atoms with Crippen molar-refractivity contribution in [2.24, 2.45) is 0 Å². The van der Waals surface area contributed by atoms with Crippen molar-refractivity contribution in [1.29, 1.82) is 0 Å². The maximum absolute atomic E-state index is 4.49. The first-order valence-electron chi connectivity index (χ1n) is 6.84. The number of rotatable bonds is 0. The van der Waals surface area contributed by atoms with Crippen LogP contribution >= 0.6 is 0 Å². The van der Waals surface area contributed by atoms with Gasteiger partial charge in [0.2, 0.25) is 0 Å². The summed E-state index contributed by atoms with van der Waals surface area (Å²) in [6.07, 6.45) is 4.10. The Balaban J connectivity index is 3.68.